The minimum absolute atomic E-state index is 0.287. The molecule has 1 heterocycles. The fourth-order valence-corrected chi connectivity index (χ4v) is 3.34. The number of fused-ring (bicyclic) bond motifs is 3. The summed E-state index contributed by atoms with van der Waals surface area (Å²) < 4.78 is 5.22. The zero-order valence-electron chi connectivity index (χ0n) is 11.0. The van der Waals surface area contributed by atoms with Crippen molar-refractivity contribution < 1.29 is 9.53 Å². The molecule has 0 spiro atoms. The zero-order chi connectivity index (χ0) is 12.7. The first-order chi connectivity index (χ1) is 8.69. The van der Waals surface area contributed by atoms with Gasteiger partial charge in [-0.1, -0.05) is 6.07 Å². The summed E-state index contributed by atoms with van der Waals surface area (Å²) in [4.78, 5) is 14.6. The second-order valence-corrected chi connectivity index (χ2v) is 5.50. The van der Waals surface area contributed by atoms with Crippen molar-refractivity contribution in [2.75, 3.05) is 27.2 Å². The molecule has 0 unspecified atom stereocenters. The van der Waals surface area contributed by atoms with Crippen LogP contribution in [0.15, 0.2) is 18.2 Å². The maximum atomic E-state index is 12.2. The number of Topliss-reactive ketones (excluding diaryl/α,β-unsaturated/α-hetero) is 1. The maximum absolute atomic E-state index is 12.2. The van der Waals surface area contributed by atoms with E-state index >= 15 is 0 Å². The third-order valence-electron chi connectivity index (χ3n) is 4.37. The van der Waals surface area contributed by atoms with Gasteiger partial charge in [-0.25, -0.2) is 0 Å². The molecular weight excluding hydrogens is 226 g/mol. The molecule has 0 bridgehead atoms. The fourth-order valence-electron chi connectivity index (χ4n) is 3.34. The number of methoxy groups -OCH3 is 1. The lowest BCUT2D eigenvalue weighted by molar-refractivity contribution is 0.0886. The van der Waals surface area contributed by atoms with Crippen molar-refractivity contribution in [3.8, 4) is 5.75 Å². The van der Waals surface area contributed by atoms with Crippen LogP contribution in [0.5, 0.6) is 5.75 Å². The number of benzene rings is 1. The number of carbonyl (C=O) groups excluding carboxylic acids is 1. The van der Waals surface area contributed by atoms with Gasteiger partial charge in [0, 0.05) is 24.4 Å². The number of piperidine rings is 1. The SMILES string of the molecule is COc1ccc2c(c1)C(=O)C[C@H]1CCN(C)C[C@@H]21. The summed E-state index contributed by atoms with van der Waals surface area (Å²) in [5.41, 5.74) is 2.11. The van der Waals surface area contributed by atoms with Crippen LogP contribution in [0.2, 0.25) is 0 Å². The van der Waals surface area contributed by atoms with Crippen molar-refractivity contribution in [2.24, 2.45) is 5.92 Å². The van der Waals surface area contributed by atoms with E-state index in [2.05, 4.69) is 18.0 Å². The van der Waals surface area contributed by atoms with Gasteiger partial charge in [0.25, 0.3) is 0 Å². The van der Waals surface area contributed by atoms with Gasteiger partial charge in [-0.3, -0.25) is 4.79 Å². The molecule has 1 aromatic carbocycles. The summed E-state index contributed by atoms with van der Waals surface area (Å²) in [5.74, 6) is 2.12. The average molecular weight is 245 g/mol. The summed E-state index contributed by atoms with van der Waals surface area (Å²) in [6.07, 6.45) is 1.84. The second kappa shape index (κ2) is 4.39. The third-order valence-corrected chi connectivity index (χ3v) is 4.37. The van der Waals surface area contributed by atoms with Gasteiger partial charge < -0.3 is 9.64 Å². The van der Waals surface area contributed by atoms with Gasteiger partial charge in [0.1, 0.15) is 5.75 Å². The fraction of sp³-hybridized carbons (Fsp3) is 0.533. The van der Waals surface area contributed by atoms with E-state index in [9.17, 15) is 4.79 Å². The number of ether oxygens (including phenoxy) is 1. The van der Waals surface area contributed by atoms with Gasteiger partial charge in [-0.05, 0) is 43.6 Å². The molecule has 1 aromatic rings. The Morgan fingerprint density at radius 3 is 3.00 bits per heavy atom. The molecule has 1 aliphatic carbocycles. The van der Waals surface area contributed by atoms with Gasteiger partial charge in [0.05, 0.1) is 7.11 Å². The molecule has 0 radical (unpaired) electrons. The highest BCUT2D eigenvalue weighted by Gasteiger charge is 2.37. The van der Waals surface area contributed by atoms with Gasteiger partial charge in [0.2, 0.25) is 0 Å². The Morgan fingerprint density at radius 1 is 1.39 bits per heavy atom. The predicted molar refractivity (Wildman–Crippen MR) is 70.3 cm³/mol. The van der Waals surface area contributed by atoms with E-state index < -0.39 is 0 Å². The van der Waals surface area contributed by atoms with Crippen LogP contribution in [0.25, 0.3) is 0 Å². The lowest BCUT2D eigenvalue weighted by atomic mass is 9.71. The molecule has 3 nitrogen and oxygen atoms in total. The lowest BCUT2D eigenvalue weighted by Gasteiger charge is -2.40. The summed E-state index contributed by atoms with van der Waals surface area (Å²) in [7, 11) is 3.81. The predicted octanol–water partition coefficient (Wildman–Crippen LogP) is 2.32. The van der Waals surface area contributed by atoms with Crippen LogP contribution < -0.4 is 4.74 Å². The van der Waals surface area contributed by atoms with E-state index in [-0.39, 0.29) is 5.78 Å². The molecule has 2 atom stereocenters. The number of rotatable bonds is 1. The number of hydrogen-bond donors (Lipinski definition) is 0. The number of likely N-dealkylation sites (N-methyl/N-ethyl adjacent to an activating group) is 1. The van der Waals surface area contributed by atoms with E-state index in [1.807, 2.05) is 12.1 Å². The molecule has 0 aromatic heterocycles. The molecule has 1 fully saturated rings. The van der Waals surface area contributed by atoms with Gasteiger partial charge in [-0.15, -0.1) is 0 Å². The number of nitrogens with zero attached hydrogens (tertiary/aromatic N) is 1. The highest BCUT2D eigenvalue weighted by atomic mass is 16.5. The van der Waals surface area contributed by atoms with Crippen molar-refractivity contribution >= 4 is 5.78 Å². The number of hydrogen-bond acceptors (Lipinski definition) is 3. The molecule has 0 N–H and O–H groups in total. The quantitative estimate of drug-likeness (QED) is 0.760. The smallest absolute Gasteiger partial charge is 0.163 e. The van der Waals surface area contributed by atoms with E-state index in [0.717, 1.165) is 30.8 Å². The number of ketones is 1. The van der Waals surface area contributed by atoms with Crippen LogP contribution in [0, 0.1) is 5.92 Å². The molecule has 0 saturated carbocycles. The van der Waals surface area contributed by atoms with Crippen molar-refractivity contribution in [1.29, 1.82) is 0 Å². The van der Waals surface area contributed by atoms with Crippen molar-refractivity contribution in [1.82, 2.24) is 4.90 Å². The molecule has 96 valence electrons. The van der Waals surface area contributed by atoms with E-state index in [1.165, 1.54) is 5.56 Å². The molecular formula is C15H19NO2. The standard InChI is InChI=1S/C15H19NO2/c1-16-6-5-10-7-15(17)13-8-11(18-2)3-4-12(13)14(10)9-16/h3-4,8,10,14H,5-7,9H2,1-2H3/t10-,14-/m1/s1. The highest BCUT2D eigenvalue weighted by molar-refractivity contribution is 5.99. The van der Waals surface area contributed by atoms with Gasteiger partial charge in [0.15, 0.2) is 5.78 Å². The summed E-state index contributed by atoms with van der Waals surface area (Å²) in [6, 6.07) is 5.97. The minimum atomic E-state index is 0.287. The molecule has 3 rings (SSSR count). The van der Waals surface area contributed by atoms with Crippen molar-refractivity contribution in [3.63, 3.8) is 0 Å². The highest BCUT2D eigenvalue weighted by Crippen LogP contribution is 2.41. The molecule has 18 heavy (non-hydrogen) atoms. The third kappa shape index (κ3) is 1.83. The van der Waals surface area contributed by atoms with Crippen LogP contribution in [-0.4, -0.2) is 37.9 Å². The van der Waals surface area contributed by atoms with Crippen LogP contribution in [-0.2, 0) is 0 Å². The van der Waals surface area contributed by atoms with E-state index in [1.54, 1.807) is 7.11 Å². The van der Waals surface area contributed by atoms with Crippen molar-refractivity contribution in [2.45, 2.75) is 18.8 Å². The normalized spacial score (nSPS) is 27.6. The number of carbonyl (C=O) groups is 1. The van der Waals surface area contributed by atoms with Crippen LogP contribution in [0.3, 0.4) is 0 Å². The average Bonchev–Trinajstić information content (AvgIpc) is 2.39. The molecule has 1 aliphatic heterocycles. The first-order valence-corrected chi connectivity index (χ1v) is 6.58. The van der Waals surface area contributed by atoms with Crippen LogP contribution in [0.4, 0.5) is 0 Å². The maximum Gasteiger partial charge on any atom is 0.163 e. The first-order valence-electron chi connectivity index (χ1n) is 6.58. The summed E-state index contributed by atoms with van der Waals surface area (Å²) in [6.45, 7) is 2.18. The summed E-state index contributed by atoms with van der Waals surface area (Å²) >= 11 is 0. The minimum Gasteiger partial charge on any atom is -0.497 e. The number of likely N-dealkylation sites (tertiary alicyclic amines) is 1. The molecule has 2 aliphatic rings. The van der Waals surface area contributed by atoms with E-state index in [4.69, 9.17) is 4.74 Å². The van der Waals surface area contributed by atoms with Gasteiger partial charge >= 0.3 is 0 Å². The Bertz CT molecular complexity index is 483. The first kappa shape index (κ1) is 11.7. The zero-order valence-corrected chi connectivity index (χ0v) is 11.0. The molecule has 1 saturated heterocycles. The van der Waals surface area contributed by atoms with E-state index in [0.29, 0.717) is 18.3 Å². The van der Waals surface area contributed by atoms with Crippen LogP contribution >= 0.6 is 0 Å². The van der Waals surface area contributed by atoms with Gasteiger partial charge in [-0.2, -0.15) is 0 Å². The second-order valence-electron chi connectivity index (χ2n) is 5.50. The van der Waals surface area contributed by atoms with Crippen molar-refractivity contribution in [3.05, 3.63) is 29.3 Å². The Kier molecular flexibility index (Phi) is 2.86. The Morgan fingerprint density at radius 2 is 2.22 bits per heavy atom. The topological polar surface area (TPSA) is 29.5 Å². The Labute approximate surface area is 108 Å². The van der Waals surface area contributed by atoms with Crippen LogP contribution in [0.1, 0.15) is 34.7 Å². The Hall–Kier alpha value is -1.35. The summed E-state index contributed by atoms with van der Waals surface area (Å²) in [5, 5.41) is 0. The lowest BCUT2D eigenvalue weighted by Crippen LogP contribution is -2.40. The monoisotopic (exact) mass is 245 g/mol. The Balaban J connectivity index is 2.02. The molecule has 3 heteroatoms. The largest absolute Gasteiger partial charge is 0.497 e. The molecule has 0 amide bonds.